The van der Waals surface area contributed by atoms with Crippen LogP contribution in [0.5, 0.6) is 6.01 Å². The van der Waals surface area contributed by atoms with Gasteiger partial charge in [0.05, 0.1) is 22.8 Å². The van der Waals surface area contributed by atoms with Gasteiger partial charge < -0.3 is 14.7 Å². The van der Waals surface area contributed by atoms with E-state index in [9.17, 15) is 18.7 Å². The van der Waals surface area contributed by atoms with Crippen molar-refractivity contribution in [2.75, 3.05) is 18.0 Å². The summed E-state index contributed by atoms with van der Waals surface area (Å²) in [6, 6.07) is 5.68. The Bertz CT molecular complexity index is 1310. The van der Waals surface area contributed by atoms with Crippen molar-refractivity contribution in [3.8, 4) is 17.4 Å². The van der Waals surface area contributed by atoms with Gasteiger partial charge in [-0.25, -0.2) is 23.4 Å². The lowest BCUT2D eigenvalue weighted by Crippen LogP contribution is -2.37. The molecule has 1 saturated carbocycles. The molecule has 1 saturated heterocycles. The molecule has 1 aliphatic heterocycles. The number of carboxylic acids is 1. The van der Waals surface area contributed by atoms with E-state index < -0.39 is 11.9 Å². The number of alkyl halides is 2. The standard InChI is InChI=1S/C26H31F2N7O3/c1-3-18-21(35-10-4-5-16(14-35)11-23(36)37)7-6-20(30-18)24-22(34(2)33-32-24)15-38-25-29-9-8-19(31-25)17-12-26(27,28)13-17/h6-9,16-17H,3-5,10-15H2,1-2H3,(H,36,37)/t16-/m1/s1. The Balaban J connectivity index is 1.32. The summed E-state index contributed by atoms with van der Waals surface area (Å²) in [5.74, 6) is -3.56. The smallest absolute Gasteiger partial charge is 0.316 e. The third kappa shape index (κ3) is 5.58. The van der Waals surface area contributed by atoms with E-state index in [0.29, 0.717) is 35.7 Å². The number of rotatable bonds is 9. The van der Waals surface area contributed by atoms with Crippen molar-refractivity contribution in [1.82, 2.24) is 29.9 Å². The molecule has 1 N–H and O–H groups in total. The number of nitrogens with zero attached hydrogens (tertiary/aromatic N) is 7. The van der Waals surface area contributed by atoms with Crippen molar-refractivity contribution in [2.24, 2.45) is 13.0 Å². The van der Waals surface area contributed by atoms with Gasteiger partial charge in [-0.3, -0.25) is 4.79 Å². The number of anilines is 1. The number of aliphatic carboxylic acids is 1. The summed E-state index contributed by atoms with van der Waals surface area (Å²) in [7, 11) is 1.76. The monoisotopic (exact) mass is 527 g/mol. The van der Waals surface area contributed by atoms with Gasteiger partial charge in [0, 0.05) is 51.5 Å². The molecule has 0 bridgehead atoms. The fraction of sp³-hybridized carbons (Fsp3) is 0.538. The molecule has 3 aromatic heterocycles. The van der Waals surface area contributed by atoms with Crippen LogP contribution < -0.4 is 9.64 Å². The van der Waals surface area contributed by atoms with Crippen LogP contribution in [0.1, 0.15) is 62.0 Å². The average Bonchev–Trinajstić information content (AvgIpc) is 3.25. The first-order valence-corrected chi connectivity index (χ1v) is 12.9. The lowest BCUT2D eigenvalue weighted by molar-refractivity contribution is -0.138. The maximum absolute atomic E-state index is 13.3. The number of aromatic nitrogens is 6. The molecule has 0 unspecified atom stereocenters. The SMILES string of the molecule is CCc1nc(-c2nnn(C)c2COc2nccc(C3CC(F)(F)C3)n2)ccc1N1CCC[C@H](CC(=O)O)C1. The number of hydrogen-bond donors (Lipinski definition) is 1. The van der Waals surface area contributed by atoms with Gasteiger partial charge in [-0.05, 0) is 43.4 Å². The number of pyridine rings is 1. The van der Waals surface area contributed by atoms with Crippen molar-refractivity contribution < 1.29 is 23.4 Å². The van der Waals surface area contributed by atoms with Crippen LogP contribution in [-0.2, 0) is 24.9 Å². The summed E-state index contributed by atoms with van der Waals surface area (Å²) in [4.78, 5) is 26.8. The molecule has 202 valence electrons. The Kier molecular flexibility index (Phi) is 7.22. The van der Waals surface area contributed by atoms with Crippen LogP contribution in [0.2, 0.25) is 0 Å². The fourth-order valence-electron chi connectivity index (χ4n) is 5.26. The summed E-state index contributed by atoms with van der Waals surface area (Å²) >= 11 is 0. The molecule has 2 fully saturated rings. The summed E-state index contributed by atoms with van der Waals surface area (Å²) < 4.78 is 34.0. The zero-order chi connectivity index (χ0) is 26.9. The molecule has 0 spiro atoms. The molecular formula is C26H31F2N7O3. The number of aryl methyl sites for hydroxylation is 2. The van der Waals surface area contributed by atoms with Crippen LogP contribution in [-0.4, -0.2) is 60.0 Å². The van der Waals surface area contributed by atoms with Gasteiger partial charge >= 0.3 is 12.0 Å². The topological polar surface area (TPSA) is 119 Å². The Labute approximate surface area is 219 Å². The number of carbonyl (C=O) groups is 1. The summed E-state index contributed by atoms with van der Waals surface area (Å²) in [5.41, 5.74) is 4.38. The van der Waals surface area contributed by atoms with Gasteiger partial charge in [-0.2, -0.15) is 4.98 Å². The average molecular weight is 528 g/mol. The Morgan fingerprint density at radius 3 is 2.79 bits per heavy atom. The predicted molar refractivity (Wildman–Crippen MR) is 134 cm³/mol. The largest absolute Gasteiger partial charge is 0.481 e. The maximum Gasteiger partial charge on any atom is 0.316 e. The minimum absolute atomic E-state index is 0.0804. The number of hydrogen-bond acceptors (Lipinski definition) is 8. The summed E-state index contributed by atoms with van der Waals surface area (Å²) in [6.07, 6.45) is 3.84. The third-order valence-corrected chi connectivity index (χ3v) is 7.29. The zero-order valence-electron chi connectivity index (χ0n) is 21.5. The van der Waals surface area contributed by atoms with E-state index in [4.69, 9.17) is 9.72 Å². The van der Waals surface area contributed by atoms with Crippen molar-refractivity contribution in [2.45, 2.75) is 63.9 Å². The summed E-state index contributed by atoms with van der Waals surface area (Å²) in [5, 5.41) is 17.7. The normalized spacial score (nSPS) is 19.3. The highest BCUT2D eigenvalue weighted by atomic mass is 19.3. The van der Waals surface area contributed by atoms with Crippen LogP contribution >= 0.6 is 0 Å². The first-order chi connectivity index (χ1) is 18.2. The molecule has 0 aromatic carbocycles. The second kappa shape index (κ2) is 10.6. The van der Waals surface area contributed by atoms with E-state index in [-0.39, 0.29) is 43.7 Å². The van der Waals surface area contributed by atoms with Gasteiger partial charge in [-0.1, -0.05) is 12.1 Å². The molecule has 12 heteroatoms. The van der Waals surface area contributed by atoms with E-state index in [1.54, 1.807) is 17.8 Å². The van der Waals surface area contributed by atoms with Crippen molar-refractivity contribution in [3.63, 3.8) is 0 Å². The minimum Gasteiger partial charge on any atom is -0.481 e. The first kappa shape index (κ1) is 25.9. The quantitative estimate of drug-likeness (QED) is 0.440. The fourth-order valence-corrected chi connectivity index (χ4v) is 5.26. The minimum atomic E-state index is -2.63. The molecule has 3 aromatic rings. The molecule has 10 nitrogen and oxygen atoms in total. The van der Waals surface area contributed by atoms with Crippen molar-refractivity contribution in [1.29, 1.82) is 0 Å². The first-order valence-electron chi connectivity index (χ1n) is 12.9. The number of carboxylic acid groups (broad SMARTS) is 1. The number of piperidine rings is 1. The van der Waals surface area contributed by atoms with Crippen molar-refractivity contribution in [3.05, 3.63) is 41.5 Å². The summed E-state index contributed by atoms with van der Waals surface area (Å²) in [6.45, 7) is 3.68. The highest BCUT2D eigenvalue weighted by Crippen LogP contribution is 2.47. The molecule has 1 atom stereocenters. The highest BCUT2D eigenvalue weighted by Gasteiger charge is 2.46. The molecule has 4 heterocycles. The number of ether oxygens (including phenoxy) is 1. The molecule has 38 heavy (non-hydrogen) atoms. The Morgan fingerprint density at radius 1 is 1.24 bits per heavy atom. The Morgan fingerprint density at radius 2 is 2.05 bits per heavy atom. The van der Waals surface area contributed by atoms with E-state index in [1.807, 2.05) is 19.1 Å². The number of halogens is 2. The van der Waals surface area contributed by atoms with Gasteiger partial charge in [0.15, 0.2) is 0 Å². The van der Waals surface area contributed by atoms with Crippen LogP contribution in [0.25, 0.3) is 11.4 Å². The van der Waals surface area contributed by atoms with Crippen LogP contribution in [0, 0.1) is 5.92 Å². The third-order valence-electron chi connectivity index (χ3n) is 7.29. The molecule has 1 aliphatic carbocycles. The van der Waals surface area contributed by atoms with Gasteiger partial charge in [0.2, 0.25) is 5.92 Å². The van der Waals surface area contributed by atoms with E-state index in [0.717, 1.165) is 30.8 Å². The van der Waals surface area contributed by atoms with Gasteiger partial charge in [0.25, 0.3) is 0 Å². The van der Waals surface area contributed by atoms with Crippen molar-refractivity contribution >= 4 is 11.7 Å². The van der Waals surface area contributed by atoms with Gasteiger partial charge in [0.1, 0.15) is 18.0 Å². The van der Waals surface area contributed by atoms with Crippen LogP contribution in [0.3, 0.4) is 0 Å². The van der Waals surface area contributed by atoms with Crippen LogP contribution in [0.4, 0.5) is 14.5 Å². The molecule has 2 aliphatic rings. The van der Waals surface area contributed by atoms with E-state index in [2.05, 4.69) is 25.2 Å². The molecule has 5 rings (SSSR count). The lowest BCUT2D eigenvalue weighted by Gasteiger charge is -2.34. The predicted octanol–water partition coefficient (Wildman–Crippen LogP) is 4.01. The highest BCUT2D eigenvalue weighted by molar-refractivity contribution is 5.67. The maximum atomic E-state index is 13.3. The molecule has 0 radical (unpaired) electrons. The van der Waals surface area contributed by atoms with Crippen LogP contribution in [0.15, 0.2) is 24.4 Å². The lowest BCUT2D eigenvalue weighted by atomic mass is 9.79. The Hall–Kier alpha value is -3.70. The second-order valence-corrected chi connectivity index (χ2v) is 10.1. The van der Waals surface area contributed by atoms with E-state index >= 15 is 0 Å². The van der Waals surface area contributed by atoms with Gasteiger partial charge in [-0.15, -0.1) is 5.10 Å². The zero-order valence-corrected chi connectivity index (χ0v) is 21.5. The molecule has 0 amide bonds. The van der Waals surface area contributed by atoms with E-state index in [1.165, 1.54) is 6.20 Å². The second-order valence-electron chi connectivity index (χ2n) is 10.1. The molecular weight excluding hydrogens is 496 g/mol.